The van der Waals surface area contributed by atoms with Gasteiger partial charge >= 0.3 is 5.97 Å². The van der Waals surface area contributed by atoms with Gasteiger partial charge in [-0.05, 0) is 31.0 Å². The van der Waals surface area contributed by atoms with E-state index in [4.69, 9.17) is 9.57 Å². The lowest BCUT2D eigenvalue weighted by atomic mass is 10.1. The Labute approximate surface area is 174 Å². The van der Waals surface area contributed by atoms with Crippen LogP contribution in [-0.2, 0) is 27.5 Å². The monoisotopic (exact) mass is 411 g/mol. The number of carbonyl (C=O) groups excluding carboxylic acids is 2. The lowest BCUT2D eigenvalue weighted by Crippen LogP contribution is -2.37. The molecule has 0 radical (unpaired) electrons. The molecule has 0 unspecified atom stereocenters. The second-order valence-corrected chi connectivity index (χ2v) is 7.39. The van der Waals surface area contributed by atoms with Crippen molar-refractivity contribution in [2.24, 2.45) is 4.99 Å². The normalized spacial score (nSPS) is 15.0. The number of unbranched alkanes of at least 4 members (excludes halogenated alkanes) is 3. The highest BCUT2D eigenvalue weighted by Crippen LogP contribution is 2.32. The first kappa shape index (κ1) is 19.9. The highest BCUT2D eigenvalue weighted by molar-refractivity contribution is 6.05. The summed E-state index contributed by atoms with van der Waals surface area (Å²) in [6.45, 7) is 3.58. The van der Waals surface area contributed by atoms with Gasteiger partial charge in [-0.3, -0.25) is 4.79 Å². The maximum Gasteiger partial charge on any atom is 0.330 e. The topological polar surface area (TPSA) is 89.3 Å². The van der Waals surface area contributed by atoms with E-state index in [1.807, 2.05) is 30.7 Å². The average molecular weight is 411 g/mol. The molecule has 9 heteroatoms. The molecular formula is C21H25N5O4. The maximum atomic E-state index is 12.1. The van der Waals surface area contributed by atoms with Gasteiger partial charge in [-0.25, -0.2) is 14.8 Å². The van der Waals surface area contributed by atoms with Crippen molar-refractivity contribution >= 4 is 23.5 Å². The fourth-order valence-electron chi connectivity index (χ4n) is 3.56. The molecule has 0 spiro atoms. The summed E-state index contributed by atoms with van der Waals surface area (Å²) in [6.07, 6.45) is 10.0. The second-order valence-electron chi connectivity index (χ2n) is 7.39. The van der Waals surface area contributed by atoms with Crippen molar-refractivity contribution in [3.63, 3.8) is 0 Å². The van der Waals surface area contributed by atoms with E-state index in [0.29, 0.717) is 19.1 Å². The zero-order valence-corrected chi connectivity index (χ0v) is 17.0. The molecule has 0 bridgehead atoms. The van der Waals surface area contributed by atoms with Gasteiger partial charge < -0.3 is 19.0 Å². The number of aromatic nitrogens is 2. The summed E-state index contributed by atoms with van der Waals surface area (Å²) in [5.41, 5.74) is 1.73. The zero-order chi connectivity index (χ0) is 20.9. The molecule has 4 rings (SSSR count). The van der Waals surface area contributed by atoms with Crippen LogP contribution >= 0.6 is 0 Å². The fourth-order valence-corrected chi connectivity index (χ4v) is 3.56. The Morgan fingerprint density at radius 2 is 2.03 bits per heavy atom. The van der Waals surface area contributed by atoms with E-state index < -0.39 is 5.97 Å². The van der Waals surface area contributed by atoms with Crippen LogP contribution in [0.1, 0.15) is 38.2 Å². The van der Waals surface area contributed by atoms with Gasteiger partial charge in [0.25, 0.3) is 5.91 Å². The van der Waals surface area contributed by atoms with E-state index in [9.17, 15) is 9.59 Å². The lowest BCUT2D eigenvalue weighted by molar-refractivity contribution is -0.177. The van der Waals surface area contributed by atoms with Crippen LogP contribution in [0.15, 0.2) is 41.9 Å². The van der Waals surface area contributed by atoms with Crippen LogP contribution in [0, 0.1) is 0 Å². The predicted molar refractivity (Wildman–Crippen MR) is 109 cm³/mol. The largest absolute Gasteiger partial charge is 0.494 e. The SMILES string of the molecule is CC(=O)ON1C(=O)CN2Cc3cc(OCCCCCCn4ccnc4)ccc3N=C21. The molecule has 1 amide bonds. The predicted octanol–water partition coefficient (Wildman–Crippen LogP) is 2.65. The van der Waals surface area contributed by atoms with Gasteiger partial charge in [0.15, 0.2) is 0 Å². The summed E-state index contributed by atoms with van der Waals surface area (Å²) < 4.78 is 8.00. The van der Waals surface area contributed by atoms with Gasteiger partial charge in [0, 0.05) is 38.0 Å². The number of imidazole rings is 1. The van der Waals surface area contributed by atoms with Crippen LogP contribution in [0.5, 0.6) is 5.75 Å². The van der Waals surface area contributed by atoms with Crippen molar-refractivity contribution in [3.8, 4) is 5.75 Å². The minimum Gasteiger partial charge on any atom is -0.494 e. The molecule has 2 aliphatic rings. The number of amides is 1. The molecule has 158 valence electrons. The summed E-state index contributed by atoms with van der Waals surface area (Å²) >= 11 is 0. The number of fused-ring (bicyclic) bond motifs is 2. The second kappa shape index (κ2) is 8.98. The van der Waals surface area contributed by atoms with Crippen molar-refractivity contribution in [2.45, 2.75) is 45.7 Å². The van der Waals surface area contributed by atoms with E-state index in [0.717, 1.165) is 54.3 Å². The number of rotatable bonds is 9. The van der Waals surface area contributed by atoms with Crippen molar-refractivity contribution < 1.29 is 19.2 Å². The summed E-state index contributed by atoms with van der Waals surface area (Å²) in [5.74, 6) is 0.297. The van der Waals surface area contributed by atoms with E-state index >= 15 is 0 Å². The highest BCUT2D eigenvalue weighted by Gasteiger charge is 2.39. The summed E-state index contributed by atoms with van der Waals surface area (Å²) in [6, 6.07) is 5.72. The van der Waals surface area contributed by atoms with Gasteiger partial charge in [-0.1, -0.05) is 12.8 Å². The van der Waals surface area contributed by atoms with E-state index in [1.54, 1.807) is 11.1 Å². The number of hydroxylamine groups is 2. The Kier molecular flexibility index (Phi) is 5.97. The number of aliphatic imine (C=N–C) groups is 1. The summed E-state index contributed by atoms with van der Waals surface area (Å²) in [4.78, 5) is 38.7. The smallest absolute Gasteiger partial charge is 0.330 e. The van der Waals surface area contributed by atoms with Gasteiger partial charge in [-0.2, -0.15) is 0 Å². The number of guanidine groups is 1. The van der Waals surface area contributed by atoms with Crippen LogP contribution < -0.4 is 4.74 Å². The number of nitrogens with zero attached hydrogens (tertiary/aromatic N) is 5. The first-order valence-corrected chi connectivity index (χ1v) is 10.2. The Balaban J connectivity index is 1.26. The average Bonchev–Trinajstić information content (AvgIpc) is 3.33. The van der Waals surface area contributed by atoms with Crippen LogP contribution in [0.2, 0.25) is 0 Å². The molecule has 0 aliphatic carbocycles. The minimum atomic E-state index is -0.552. The van der Waals surface area contributed by atoms with E-state index in [2.05, 4.69) is 14.5 Å². The third kappa shape index (κ3) is 4.61. The molecule has 1 fully saturated rings. The molecule has 2 aromatic rings. The third-order valence-electron chi connectivity index (χ3n) is 5.01. The first-order valence-electron chi connectivity index (χ1n) is 10.2. The third-order valence-corrected chi connectivity index (χ3v) is 5.01. The van der Waals surface area contributed by atoms with Crippen molar-refractivity contribution in [2.75, 3.05) is 13.2 Å². The molecule has 0 saturated carbocycles. The summed E-state index contributed by atoms with van der Waals surface area (Å²) in [5, 5.41) is 0.975. The minimum absolute atomic E-state index is 0.135. The van der Waals surface area contributed by atoms with E-state index in [1.165, 1.54) is 6.92 Å². The van der Waals surface area contributed by atoms with E-state index in [-0.39, 0.29) is 12.5 Å². The molecule has 3 heterocycles. The molecule has 1 aromatic carbocycles. The summed E-state index contributed by atoms with van der Waals surface area (Å²) in [7, 11) is 0. The first-order chi connectivity index (χ1) is 14.6. The number of aryl methyl sites for hydroxylation is 1. The number of hydrogen-bond acceptors (Lipinski definition) is 7. The zero-order valence-electron chi connectivity index (χ0n) is 17.0. The number of carbonyl (C=O) groups is 2. The lowest BCUT2D eigenvalue weighted by Gasteiger charge is -2.25. The van der Waals surface area contributed by atoms with Crippen molar-refractivity contribution in [3.05, 3.63) is 42.5 Å². The Morgan fingerprint density at radius 1 is 1.17 bits per heavy atom. The quantitative estimate of drug-likeness (QED) is 0.590. The standard InChI is InChI=1S/C21H25N5O4/c1-16(27)30-26-20(28)14-25-13-17-12-18(6-7-19(17)23-21(25)26)29-11-5-3-2-4-9-24-10-8-22-15-24/h6-8,10,12,15H,2-5,9,11,13-14H2,1H3. The van der Waals surface area contributed by atoms with Crippen molar-refractivity contribution in [1.29, 1.82) is 0 Å². The molecule has 1 saturated heterocycles. The van der Waals surface area contributed by atoms with Gasteiger partial charge in [0.05, 0.1) is 18.6 Å². The molecule has 30 heavy (non-hydrogen) atoms. The maximum absolute atomic E-state index is 12.1. The molecule has 0 N–H and O–H groups in total. The fraction of sp³-hybridized carbons (Fsp3) is 0.429. The molecular weight excluding hydrogens is 386 g/mol. The van der Waals surface area contributed by atoms with Crippen molar-refractivity contribution in [1.82, 2.24) is 19.5 Å². The van der Waals surface area contributed by atoms with Crippen LogP contribution in [0.3, 0.4) is 0 Å². The number of benzene rings is 1. The molecule has 9 nitrogen and oxygen atoms in total. The number of ether oxygens (including phenoxy) is 1. The van der Waals surface area contributed by atoms with Crippen LogP contribution in [0.4, 0.5) is 5.69 Å². The molecule has 2 aliphatic heterocycles. The molecule has 1 aromatic heterocycles. The van der Waals surface area contributed by atoms with Gasteiger partial charge in [0.1, 0.15) is 12.3 Å². The Bertz CT molecular complexity index is 941. The Hall–Kier alpha value is -3.36. The highest BCUT2D eigenvalue weighted by atomic mass is 16.7. The Morgan fingerprint density at radius 3 is 2.83 bits per heavy atom. The van der Waals surface area contributed by atoms with Gasteiger partial charge in [-0.15, -0.1) is 5.06 Å². The molecule has 0 atom stereocenters. The van der Waals surface area contributed by atoms with Crippen LogP contribution in [0.25, 0.3) is 0 Å². The number of hydrogen-bond donors (Lipinski definition) is 0. The van der Waals surface area contributed by atoms with Crippen LogP contribution in [-0.4, -0.2) is 50.5 Å². The van der Waals surface area contributed by atoms with Gasteiger partial charge in [0.2, 0.25) is 5.96 Å².